The molecule has 2 N–H and O–H groups in total. The van der Waals surface area contributed by atoms with Crippen molar-refractivity contribution in [2.24, 2.45) is 0 Å². The molecule has 0 aliphatic heterocycles. The first kappa shape index (κ1) is 16.9. The Kier molecular flexibility index (Phi) is 5.57. The molecule has 6 heteroatoms. The van der Waals surface area contributed by atoms with E-state index in [0.29, 0.717) is 28.9 Å². The van der Waals surface area contributed by atoms with Crippen molar-refractivity contribution in [2.75, 3.05) is 10.6 Å². The van der Waals surface area contributed by atoms with Crippen molar-refractivity contribution in [3.63, 3.8) is 0 Å². The van der Waals surface area contributed by atoms with Gasteiger partial charge in [0.15, 0.2) is 0 Å². The zero-order valence-electron chi connectivity index (χ0n) is 14.0. The second-order valence-corrected chi connectivity index (χ2v) is 6.25. The lowest BCUT2D eigenvalue weighted by atomic mass is 10.1. The summed E-state index contributed by atoms with van der Waals surface area (Å²) in [6.45, 7) is 0. The highest BCUT2D eigenvalue weighted by Gasteiger charge is 2.15. The van der Waals surface area contributed by atoms with Gasteiger partial charge in [-0.1, -0.05) is 31.7 Å². The van der Waals surface area contributed by atoms with E-state index in [1.165, 1.54) is 25.7 Å². The summed E-state index contributed by atoms with van der Waals surface area (Å²) in [4.78, 5) is 21.0. The third kappa shape index (κ3) is 4.77. The Bertz CT molecular complexity index is 775. The molecule has 0 bridgehead atoms. The average molecular weight is 335 g/mol. The molecule has 128 valence electrons. The number of benzene rings is 1. The summed E-state index contributed by atoms with van der Waals surface area (Å²) in [5, 5.41) is 15.1. The first-order valence-corrected chi connectivity index (χ1v) is 8.66. The molecule has 0 atom stereocenters. The highest BCUT2D eigenvalue weighted by atomic mass is 16.1. The molecule has 0 saturated heterocycles. The maximum Gasteiger partial charge on any atom is 0.274 e. The second kappa shape index (κ2) is 8.25. The number of hydrogen-bond acceptors (Lipinski definition) is 5. The lowest BCUT2D eigenvalue weighted by Gasteiger charge is -2.16. The molecule has 3 rings (SSSR count). The molecule has 1 aliphatic rings. The van der Waals surface area contributed by atoms with Gasteiger partial charge in [-0.2, -0.15) is 5.26 Å². The molecule has 0 radical (unpaired) electrons. The lowest BCUT2D eigenvalue weighted by molar-refractivity contribution is 0.102. The van der Waals surface area contributed by atoms with Gasteiger partial charge in [-0.15, -0.1) is 0 Å². The van der Waals surface area contributed by atoms with Gasteiger partial charge in [-0.25, -0.2) is 9.97 Å². The number of aromatic nitrogens is 2. The van der Waals surface area contributed by atoms with E-state index in [1.54, 1.807) is 36.5 Å². The van der Waals surface area contributed by atoms with Crippen LogP contribution in [0.15, 0.2) is 36.5 Å². The standard InChI is InChI=1S/C19H21N5O/c20-13-14-6-5-9-16(12-14)22-18(25)17-10-11-21-19(24-17)23-15-7-3-1-2-4-8-15/h5-6,9-12,15H,1-4,7-8H2,(H,22,25)(H,21,23,24). The van der Waals surface area contributed by atoms with Crippen LogP contribution in [0.4, 0.5) is 11.6 Å². The van der Waals surface area contributed by atoms with Crippen LogP contribution in [0.1, 0.15) is 54.6 Å². The van der Waals surface area contributed by atoms with Crippen molar-refractivity contribution in [3.8, 4) is 6.07 Å². The Morgan fingerprint density at radius 3 is 2.72 bits per heavy atom. The number of nitrogens with one attached hydrogen (secondary N) is 2. The van der Waals surface area contributed by atoms with Crippen LogP contribution in [0, 0.1) is 11.3 Å². The van der Waals surface area contributed by atoms with E-state index in [-0.39, 0.29) is 5.91 Å². The van der Waals surface area contributed by atoms with Crippen LogP contribution in [0.2, 0.25) is 0 Å². The van der Waals surface area contributed by atoms with E-state index in [4.69, 9.17) is 5.26 Å². The van der Waals surface area contributed by atoms with E-state index < -0.39 is 0 Å². The van der Waals surface area contributed by atoms with Crippen molar-refractivity contribution in [2.45, 2.75) is 44.6 Å². The molecule has 1 aromatic heterocycles. The SMILES string of the molecule is N#Cc1cccc(NC(=O)c2ccnc(NC3CCCCCC3)n2)c1. The summed E-state index contributed by atoms with van der Waals surface area (Å²) in [6, 6.07) is 10.8. The van der Waals surface area contributed by atoms with E-state index in [9.17, 15) is 4.79 Å². The summed E-state index contributed by atoms with van der Waals surface area (Å²) < 4.78 is 0. The Morgan fingerprint density at radius 1 is 1.16 bits per heavy atom. The number of carbonyl (C=O) groups excluding carboxylic acids is 1. The Balaban J connectivity index is 1.67. The highest BCUT2D eigenvalue weighted by molar-refractivity contribution is 6.03. The van der Waals surface area contributed by atoms with Gasteiger partial charge >= 0.3 is 0 Å². The monoisotopic (exact) mass is 335 g/mol. The first-order valence-electron chi connectivity index (χ1n) is 8.66. The van der Waals surface area contributed by atoms with Crippen LogP contribution < -0.4 is 10.6 Å². The van der Waals surface area contributed by atoms with Crippen LogP contribution in [-0.2, 0) is 0 Å². The molecule has 1 fully saturated rings. The summed E-state index contributed by atoms with van der Waals surface area (Å²) in [5.41, 5.74) is 1.37. The number of nitriles is 1. The first-order chi connectivity index (χ1) is 12.2. The summed E-state index contributed by atoms with van der Waals surface area (Å²) in [6.07, 6.45) is 8.81. The minimum atomic E-state index is -0.318. The molecular formula is C19H21N5O. The van der Waals surface area contributed by atoms with E-state index >= 15 is 0 Å². The number of anilines is 2. The van der Waals surface area contributed by atoms with Crippen molar-refractivity contribution < 1.29 is 4.79 Å². The van der Waals surface area contributed by atoms with Crippen molar-refractivity contribution in [1.82, 2.24) is 9.97 Å². The molecule has 2 aromatic rings. The molecule has 25 heavy (non-hydrogen) atoms. The predicted octanol–water partition coefficient (Wildman–Crippen LogP) is 3.74. The van der Waals surface area contributed by atoms with Crippen LogP contribution in [-0.4, -0.2) is 21.9 Å². The summed E-state index contributed by atoms with van der Waals surface area (Å²) in [7, 11) is 0. The zero-order chi connectivity index (χ0) is 17.5. The van der Waals surface area contributed by atoms with Gasteiger partial charge in [0.1, 0.15) is 5.69 Å². The number of rotatable bonds is 4. The third-order valence-electron chi connectivity index (χ3n) is 4.33. The van der Waals surface area contributed by atoms with Crippen molar-refractivity contribution >= 4 is 17.5 Å². The molecule has 1 aromatic carbocycles. The highest BCUT2D eigenvalue weighted by Crippen LogP contribution is 2.20. The average Bonchev–Trinajstić information content (AvgIpc) is 2.91. The topological polar surface area (TPSA) is 90.7 Å². The second-order valence-electron chi connectivity index (χ2n) is 6.25. The summed E-state index contributed by atoms with van der Waals surface area (Å²) in [5.74, 6) is 0.173. The van der Waals surface area contributed by atoms with Crippen LogP contribution >= 0.6 is 0 Å². The quantitative estimate of drug-likeness (QED) is 0.831. The molecule has 1 saturated carbocycles. The minimum absolute atomic E-state index is 0.300. The normalized spacial score (nSPS) is 15.0. The number of carbonyl (C=O) groups is 1. The lowest BCUT2D eigenvalue weighted by Crippen LogP contribution is -2.21. The predicted molar refractivity (Wildman–Crippen MR) is 96.3 cm³/mol. The van der Waals surface area contributed by atoms with Crippen LogP contribution in [0.25, 0.3) is 0 Å². The number of amides is 1. The molecule has 1 heterocycles. The zero-order valence-corrected chi connectivity index (χ0v) is 14.0. The van der Waals surface area contributed by atoms with E-state index in [0.717, 1.165) is 12.8 Å². The smallest absolute Gasteiger partial charge is 0.274 e. The van der Waals surface area contributed by atoms with E-state index in [2.05, 4.69) is 26.7 Å². The minimum Gasteiger partial charge on any atom is -0.351 e. The van der Waals surface area contributed by atoms with E-state index in [1.807, 2.05) is 0 Å². The number of nitrogens with zero attached hydrogens (tertiary/aromatic N) is 3. The van der Waals surface area contributed by atoms with Crippen LogP contribution in [0.5, 0.6) is 0 Å². The van der Waals surface area contributed by atoms with Gasteiger partial charge in [-0.05, 0) is 37.1 Å². The fourth-order valence-corrected chi connectivity index (χ4v) is 3.02. The van der Waals surface area contributed by atoms with Crippen molar-refractivity contribution in [3.05, 3.63) is 47.8 Å². The van der Waals surface area contributed by atoms with Gasteiger partial charge in [0.05, 0.1) is 11.6 Å². The molecule has 1 amide bonds. The van der Waals surface area contributed by atoms with Gasteiger partial charge < -0.3 is 10.6 Å². The largest absolute Gasteiger partial charge is 0.351 e. The fraction of sp³-hybridized carbons (Fsp3) is 0.368. The number of hydrogen-bond donors (Lipinski definition) is 2. The fourth-order valence-electron chi connectivity index (χ4n) is 3.02. The summed E-state index contributed by atoms with van der Waals surface area (Å²) >= 11 is 0. The van der Waals surface area contributed by atoms with Gasteiger partial charge in [0.25, 0.3) is 5.91 Å². The van der Waals surface area contributed by atoms with Gasteiger partial charge in [0.2, 0.25) is 5.95 Å². The van der Waals surface area contributed by atoms with Crippen molar-refractivity contribution in [1.29, 1.82) is 5.26 Å². The molecule has 0 unspecified atom stereocenters. The van der Waals surface area contributed by atoms with Gasteiger partial charge in [-0.3, -0.25) is 4.79 Å². The Hall–Kier alpha value is -2.94. The molecule has 1 aliphatic carbocycles. The third-order valence-corrected chi connectivity index (χ3v) is 4.33. The maximum atomic E-state index is 12.4. The van der Waals surface area contributed by atoms with Gasteiger partial charge in [0, 0.05) is 17.9 Å². The molecule has 0 spiro atoms. The maximum absolute atomic E-state index is 12.4. The Labute approximate surface area is 147 Å². The molecular weight excluding hydrogens is 314 g/mol. The Morgan fingerprint density at radius 2 is 1.96 bits per heavy atom. The molecule has 6 nitrogen and oxygen atoms in total. The van der Waals surface area contributed by atoms with Crippen LogP contribution in [0.3, 0.4) is 0 Å².